The Morgan fingerprint density at radius 1 is 1.40 bits per heavy atom. The monoisotopic (exact) mass is 347 g/mol. The molecule has 0 radical (unpaired) electrons. The van der Waals surface area contributed by atoms with Gasteiger partial charge in [-0.05, 0) is 38.1 Å². The van der Waals surface area contributed by atoms with Gasteiger partial charge in [0.05, 0.1) is 30.8 Å². The van der Waals surface area contributed by atoms with Crippen LogP contribution in [0.2, 0.25) is 0 Å². The third-order valence-electron chi connectivity index (χ3n) is 4.08. The third kappa shape index (κ3) is 3.88. The van der Waals surface area contributed by atoms with E-state index in [1.54, 1.807) is 35.0 Å². The lowest BCUT2D eigenvalue weighted by Gasteiger charge is -2.42. The van der Waals surface area contributed by atoms with Crippen LogP contribution >= 0.6 is 0 Å². The number of hydrogen-bond donors (Lipinski definition) is 0. The lowest BCUT2D eigenvalue weighted by atomic mass is 10.0. The number of carbonyl (C=O) groups excluding carboxylic acids is 1. The molecule has 1 aromatic carbocycles. The van der Waals surface area contributed by atoms with Crippen LogP contribution in [-0.4, -0.2) is 58.9 Å². The number of nitrogens with zero attached hydrogens (tertiary/aromatic N) is 3. The van der Waals surface area contributed by atoms with Gasteiger partial charge in [-0.25, -0.2) is 9.37 Å². The van der Waals surface area contributed by atoms with Gasteiger partial charge < -0.3 is 14.4 Å². The first-order valence-corrected chi connectivity index (χ1v) is 8.14. The van der Waals surface area contributed by atoms with Gasteiger partial charge in [0.1, 0.15) is 11.5 Å². The molecule has 3 rings (SSSR count). The molecule has 0 saturated carbocycles. The molecule has 134 valence electrons. The topological polar surface area (TPSA) is 56.6 Å². The van der Waals surface area contributed by atoms with Crippen molar-refractivity contribution in [3.8, 4) is 5.69 Å². The molecular weight excluding hydrogens is 325 g/mol. The molecule has 1 amide bonds. The minimum atomic E-state index is -0.460. The normalized spacial score (nSPS) is 19.8. The number of aromatic nitrogens is 2. The van der Waals surface area contributed by atoms with Gasteiger partial charge in [-0.2, -0.15) is 0 Å². The van der Waals surface area contributed by atoms with Crippen LogP contribution in [0.15, 0.2) is 36.8 Å². The van der Waals surface area contributed by atoms with Crippen LogP contribution < -0.4 is 0 Å². The molecular formula is C18H22FN3O3. The Kier molecular flexibility index (Phi) is 4.87. The first kappa shape index (κ1) is 17.6. The maximum atomic E-state index is 13.2. The quantitative estimate of drug-likeness (QED) is 0.851. The lowest BCUT2D eigenvalue weighted by molar-refractivity contribution is -0.143. The Bertz CT molecular complexity index is 742. The molecule has 0 spiro atoms. The second-order valence-electron chi connectivity index (χ2n) is 6.77. The van der Waals surface area contributed by atoms with E-state index in [9.17, 15) is 9.18 Å². The summed E-state index contributed by atoms with van der Waals surface area (Å²) < 4.78 is 26.0. The van der Waals surface area contributed by atoms with Crippen LogP contribution in [-0.2, 0) is 9.47 Å². The number of halogens is 1. The van der Waals surface area contributed by atoms with Crippen molar-refractivity contribution in [3.05, 3.63) is 48.3 Å². The first-order valence-electron chi connectivity index (χ1n) is 8.14. The molecule has 0 N–H and O–H groups in total. The number of ether oxygens (including phenoxy) is 2. The van der Waals surface area contributed by atoms with Gasteiger partial charge in [0.2, 0.25) is 0 Å². The summed E-state index contributed by atoms with van der Waals surface area (Å²) in [5.41, 5.74) is 0.654. The first-order chi connectivity index (χ1) is 11.9. The maximum absolute atomic E-state index is 13.2. The average Bonchev–Trinajstić information content (AvgIpc) is 3.03. The van der Waals surface area contributed by atoms with Crippen molar-refractivity contribution < 1.29 is 18.7 Å². The van der Waals surface area contributed by atoms with Crippen LogP contribution in [0.5, 0.6) is 0 Å². The number of amides is 1. The van der Waals surface area contributed by atoms with Gasteiger partial charge >= 0.3 is 0 Å². The summed E-state index contributed by atoms with van der Waals surface area (Å²) in [7, 11) is 1.61. The van der Waals surface area contributed by atoms with E-state index in [4.69, 9.17) is 9.47 Å². The zero-order valence-corrected chi connectivity index (χ0v) is 14.6. The van der Waals surface area contributed by atoms with Crippen LogP contribution in [0.25, 0.3) is 5.69 Å². The van der Waals surface area contributed by atoms with Crippen LogP contribution in [0, 0.1) is 5.82 Å². The summed E-state index contributed by atoms with van der Waals surface area (Å²) in [5, 5.41) is 0. The van der Waals surface area contributed by atoms with Crippen molar-refractivity contribution in [2.75, 3.05) is 26.8 Å². The maximum Gasteiger partial charge on any atom is 0.272 e. The second-order valence-corrected chi connectivity index (χ2v) is 6.77. The van der Waals surface area contributed by atoms with E-state index in [1.165, 1.54) is 18.3 Å². The van der Waals surface area contributed by atoms with E-state index >= 15 is 0 Å². The Morgan fingerprint density at radius 3 is 2.80 bits per heavy atom. The number of benzene rings is 1. The predicted molar refractivity (Wildman–Crippen MR) is 90.3 cm³/mol. The van der Waals surface area contributed by atoms with E-state index in [0.717, 1.165) is 0 Å². The number of imidazole rings is 1. The van der Waals surface area contributed by atoms with Crippen molar-refractivity contribution in [2.24, 2.45) is 0 Å². The summed E-state index contributed by atoms with van der Waals surface area (Å²) in [6, 6.07) is 5.95. The average molecular weight is 347 g/mol. The number of morpholine rings is 1. The SMILES string of the molecule is COC[C@H]1CN(C(=O)c2cncn2-c2ccc(F)cc2)CC(C)(C)O1. The summed E-state index contributed by atoms with van der Waals surface area (Å²) in [4.78, 5) is 18.9. The summed E-state index contributed by atoms with van der Waals surface area (Å²) in [6.45, 7) is 5.24. The van der Waals surface area contributed by atoms with Crippen molar-refractivity contribution in [1.82, 2.24) is 14.5 Å². The zero-order chi connectivity index (χ0) is 18.0. The minimum absolute atomic E-state index is 0.140. The highest BCUT2D eigenvalue weighted by atomic mass is 19.1. The summed E-state index contributed by atoms with van der Waals surface area (Å²) in [5.74, 6) is -0.464. The third-order valence-corrected chi connectivity index (χ3v) is 4.08. The van der Waals surface area contributed by atoms with E-state index in [1.807, 2.05) is 13.8 Å². The molecule has 1 fully saturated rings. The molecule has 1 saturated heterocycles. The smallest absolute Gasteiger partial charge is 0.272 e. The molecule has 0 bridgehead atoms. The molecule has 25 heavy (non-hydrogen) atoms. The predicted octanol–water partition coefficient (Wildman–Crippen LogP) is 2.28. The fraction of sp³-hybridized carbons (Fsp3) is 0.444. The second kappa shape index (κ2) is 6.93. The van der Waals surface area contributed by atoms with E-state index in [-0.39, 0.29) is 17.8 Å². The molecule has 1 aliphatic heterocycles. The zero-order valence-electron chi connectivity index (χ0n) is 14.6. The number of methoxy groups -OCH3 is 1. The van der Waals surface area contributed by atoms with Crippen molar-refractivity contribution in [1.29, 1.82) is 0 Å². The fourth-order valence-electron chi connectivity index (χ4n) is 3.15. The number of rotatable bonds is 4. The molecule has 1 atom stereocenters. The van der Waals surface area contributed by atoms with Crippen LogP contribution in [0.3, 0.4) is 0 Å². The Hall–Kier alpha value is -2.25. The van der Waals surface area contributed by atoms with E-state index in [0.29, 0.717) is 31.1 Å². The van der Waals surface area contributed by atoms with E-state index in [2.05, 4.69) is 4.98 Å². The Labute approximate surface area is 146 Å². The number of hydrogen-bond acceptors (Lipinski definition) is 4. The number of carbonyl (C=O) groups is 1. The highest BCUT2D eigenvalue weighted by molar-refractivity contribution is 5.93. The molecule has 6 nitrogen and oxygen atoms in total. The van der Waals surface area contributed by atoms with Crippen LogP contribution in [0.1, 0.15) is 24.3 Å². The van der Waals surface area contributed by atoms with Gasteiger partial charge in [0.15, 0.2) is 0 Å². The Morgan fingerprint density at radius 2 is 2.12 bits per heavy atom. The molecule has 0 aliphatic carbocycles. The van der Waals surface area contributed by atoms with Gasteiger partial charge in [-0.3, -0.25) is 9.36 Å². The van der Waals surface area contributed by atoms with E-state index < -0.39 is 5.60 Å². The van der Waals surface area contributed by atoms with Crippen molar-refractivity contribution >= 4 is 5.91 Å². The summed E-state index contributed by atoms with van der Waals surface area (Å²) >= 11 is 0. The van der Waals surface area contributed by atoms with Crippen molar-refractivity contribution in [2.45, 2.75) is 25.6 Å². The standard InChI is InChI=1S/C18H22FN3O3/c1-18(2)11-21(9-15(25-18)10-24-3)17(23)16-8-20-12-22(16)14-6-4-13(19)5-7-14/h4-8,12,15H,9-11H2,1-3H3/t15-/m1/s1. The largest absolute Gasteiger partial charge is 0.382 e. The highest BCUT2D eigenvalue weighted by Crippen LogP contribution is 2.23. The van der Waals surface area contributed by atoms with Gasteiger partial charge in [0, 0.05) is 25.9 Å². The van der Waals surface area contributed by atoms with Gasteiger partial charge in [0.25, 0.3) is 5.91 Å². The summed E-state index contributed by atoms with van der Waals surface area (Å²) in [6.07, 6.45) is 2.90. The van der Waals surface area contributed by atoms with Crippen LogP contribution in [0.4, 0.5) is 4.39 Å². The highest BCUT2D eigenvalue weighted by Gasteiger charge is 2.36. The lowest BCUT2D eigenvalue weighted by Crippen LogP contribution is -2.55. The molecule has 2 heterocycles. The van der Waals surface area contributed by atoms with Gasteiger partial charge in [-0.1, -0.05) is 0 Å². The molecule has 0 unspecified atom stereocenters. The Balaban J connectivity index is 1.86. The van der Waals surface area contributed by atoms with Gasteiger partial charge in [-0.15, -0.1) is 0 Å². The molecule has 1 aliphatic rings. The fourth-order valence-corrected chi connectivity index (χ4v) is 3.15. The molecule has 2 aromatic rings. The molecule has 1 aromatic heterocycles. The minimum Gasteiger partial charge on any atom is -0.382 e. The van der Waals surface area contributed by atoms with Crippen molar-refractivity contribution in [3.63, 3.8) is 0 Å². The molecule has 7 heteroatoms.